The quantitative estimate of drug-likeness (QED) is 0.418. The molecule has 0 aliphatic rings. The third kappa shape index (κ3) is 0.549. The summed E-state index contributed by atoms with van der Waals surface area (Å²) >= 11 is 0. The molecule has 1 heterocycles. The van der Waals surface area contributed by atoms with Crippen LogP contribution in [0.5, 0.6) is 0 Å². The molecule has 2 radical (unpaired) electrons. The molecule has 0 fully saturated rings. The number of hydrogen-bond acceptors (Lipinski definition) is 0. The van der Waals surface area contributed by atoms with Crippen LogP contribution < -0.4 is 4.98 Å². The van der Waals surface area contributed by atoms with Crippen molar-refractivity contribution in [1.82, 2.24) is 0 Å². The fourth-order valence-corrected chi connectivity index (χ4v) is 0.269. The van der Waals surface area contributed by atoms with E-state index in [2.05, 4.69) is 17.4 Å². The van der Waals surface area contributed by atoms with E-state index in [1.54, 1.807) is 12.1 Å². The molecule has 0 amide bonds. The second kappa shape index (κ2) is 1.55. The molecule has 28 valence electrons. The van der Waals surface area contributed by atoms with Gasteiger partial charge in [0.2, 0.25) is 0 Å². The third-order valence-electron chi connectivity index (χ3n) is 0.503. The number of aromatic amines is 1. The standard InChI is InChI=1S/C5H4N/c1-2-4-6-5-3-1/h1-3,6H/q+1. The molecule has 1 nitrogen and oxygen atoms in total. The summed E-state index contributed by atoms with van der Waals surface area (Å²) in [5.74, 6) is 0. The maximum Gasteiger partial charge on any atom is 0.276 e. The molecule has 0 atom stereocenters. The summed E-state index contributed by atoms with van der Waals surface area (Å²) in [6, 6.07) is 5.43. The summed E-state index contributed by atoms with van der Waals surface area (Å²) < 4.78 is 0. The number of rotatable bonds is 0. The summed E-state index contributed by atoms with van der Waals surface area (Å²) in [5.41, 5.74) is 0. The fourth-order valence-electron chi connectivity index (χ4n) is 0.269. The third-order valence-corrected chi connectivity index (χ3v) is 0.503. The molecule has 0 saturated carbocycles. The maximum atomic E-state index is 2.71. The van der Waals surface area contributed by atoms with Gasteiger partial charge in [-0.3, -0.25) is 0 Å². The van der Waals surface area contributed by atoms with E-state index in [4.69, 9.17) is 0 Å². The van der Waals surface area contributed by atoms with Crippen LogP contribution >= 0.6 is 0 Å². The minimum Gasteiger partial charge on any atom is -0.194 e. The van der Waals surface area contributed by atoms with E-state index < -0.39 is 0 Å². The lowest BCUT2D eigenvalue weighted by Crippen LogP contribution is -1.96. The van der Waals surface area contributed by atoms with Gasteiger partial charge in [0, 0.05) is 12.1 Å². The van der Waals surface area contributed by atoms with Gasteiger partial charge in [0.25, 0.3) is 12.4 Å². The van der Waals surface area contributed by atoms with Crippen LogP contribution in [0, 0.1) is 12.4 Å². The van der Waals surface area contributed by atoms with Gasteiger partial charge in [0.05, 0.1) is 0 Å². The summed E-state index contributed by atoms with van der Waals surface area (Å²) in [4.78, 5) is 2.64. The van der Waals surface area contributed by atoms with Crippen LogP contribution in [0.2, 0.25) is 0 Å². The summed E-state index contributed by atoms with van der Waals surface area (Å²) in [6.45, 7) is 0. The summed E-state index contributed by atoms with van der Waals surface area (Å²) in [5, 5.41) is 0. The van der Waals surface area contributed by atoms with E-state index in [1.807, 2.05) is 6.07 Å². The highest BCUT2D eigenvalue weighted by atomic mass is 14.6. The first-order chi connectivity index (χ1) is 3.00. The van der Waals surface area contributed by atoms with E-state index >= 15 is 0 Å². The Kier molecular flexibility index (Phi) is 0.865. The molecule has 0 aliphatic heterocycles. The number of hydrogen-bond donors (Lipinski definition) is 0. The van der Waals surface area contributed by atoms with Crippen LogP contribution in [0.4, 0.5) is 0 Å². The highest BCUT2D eigenvalue weighted by molar-refractivity contribution is 4.80. The Morgan fingerprint density at radius 3 is 2.00 bits per heavy atom. The molecule has 6 heavy (non-hydrogen) atoms. The van der Waals surface area contributed by atoms with Crippen molar-refractivity contribution in [1.29, 1.82) is 0 Å². The second-order valence-corrected chi connectivity index (χ2v) is 0.939. The van der Waals surface area contributed by atoms with E-state index in [-0.39, 0.29) is 0 Å². The summed E-state index contributed by atoms with van der Waals surface area (Å²) in [7, 11) is 0. The highest BCUT2D eigenvalue weighted by Crippen LogP contribution is 1.66. The maximum absolute atomic E-state index is 2.71. The van der Waals surface area contributed by atoms with Crippen LogP contribution in [0.15, 0.2) is 18.2 Å². The smallest absolute Gasteiger partial charge is 0.194 e. The minimum atomic E-state index is 1.79. The van der Waals surface area contributed by atoms with E-state index in [0.717, 1.165) is 0 Å². The Bertz CT molecular complexity index is 75.9. The predicted octanol–water partition coefficient (Wildman–Crippen LogP) is 0.101. The van der Waals surface area contributed by atoms with E-state index in [0.29, 0.717) is 0 Å². The van der Waals surface area contributed by atoms with Crippen LogP contribution in [0.3, 0.4) is 0 Å². The first kappa shape index (κ1) is 3.34. The first-order valence-electron chi connectivity index (χ1n) is 1.74. The van der Waals surface area contributed by atoms with Crippen molar-refractivity contribution in [3.05, 3.63) is 30.6 Å². The van der Waals surface area contributed by atoms with Crippen molar-refractivity contribution in [2.24, 2.45) is 0 Å². The molecule has 1 rings (SSSR count). The van der Waals surface area contributed by atoms with Crippen LogP contribution in [0.1, 0.15) is 0 Å². The van der Waals surface area contributed by atoms with Crippen LogP contribution in [-0.2, 0) is 0 Å². The molecule has 1 aromatic rings. The number of H-pyrrole nitrogens is 1. The minimum absolute atomic E-state index is 1.79. The molecular formula is C5H4N+. The second-order valence-electron chi connectivity index (χ2n) is 0.939. The van der Waals surface area contributed by atoms with Crippen LogP contribution in [0.25, 0.3) is 0 Å². The van der Waals surface area contributed by atoms with Gasteiger partial charge in [-0.05, 0) is 6.07 Å². The summed E-state index contributed by atoms with van der Waals surface area (Å²) in [6.07, 6.45) is 5.42. The van der Waals surface area contributed by atoms with Gasteiger partial charge in [-0.1, -0.05) is 0 Å². The zero-order valence-corrected chi connectivity index (χ0v) is 3.23. The zero-order valence-electron chi connectivity index (χ0n) is 3.23. The molecule has 0 saturated heterocycles. The van der Waals surface area contributed by atoms with E-state index in [9.17, 15) is 0 Å². The van der Waals surface area contributed by atoms with Crippen molar-refractivity contribution < 1.29 is 4.98 Å². The van der Waals surface area contributed by atoms with Crippen molar-refractivity contribution >= 4 is 0 Å². The molecule has 0 unspecified atom stereocenters. The number of nitrogens with one attached hydrogen (secondary N) is 1. The lowest BCUT2D eigenvalue weighted by Gasteiger charge is -1.59. The monoisotopic (exact) mass is 78.0 g/mol. The van der Waals surface area contributed by atoms with Crippen molar-refractivity contribution in [3.8, 4) is 0 Å². The van der Waals surface area contributed by atoms with Gasteiger partial charge < -0.3 is 0 Å². The molecule has 1 aromatic heterocycles. The Labute approximate surface area is 36.7 Å². The fraction of sp³-hybridized carbons (Fsp3) is 0. The van der Waals surface area contributed by atoms with Gasteiger partial charge in [-0.25, -0.2) is 0 Å². The van der Waals surface area contributed by atoms with Crippen molar-refractivity contribution in [2.75, 3.05) is 0 Å². The molecule has 0 spiro atoms. The largest absolute Gasteiger partial charge is 0.276 e. The van der Waals surface area contributed by atoms with Gasteiger partial charge >= 0.3 is 0 Å². The molecule has 1 heteroatoms. The van der Waals surface area contributed by atoms with Crippen molar-refractivity contribution in [2.45, 2.75) is 0 Å². The number of aromatic nitrogens is 1. The molecule has 0 aliphatic carbocycles. The zero-order chi connectivity index (χ0) is 4.24. The van der Waals surface area contributed by atoms with Crippen LogP contribution in [-0.4, -0.2) is 0 Å². The topological polar surface area (TPSA) is 14.1 Å². The molecular weight excluding hydrogens is 74.1 g/mol. The Morgan fingerprint density at radius 1 is 1.17 bits per heavy atom. The Hall–Kier alpha value is -0.850. The lowest BCUT2D eigenvalue weighted by molar-refractivity contribution is -0.388. The van der Waals surface area contributed by atoms with Gasteiger partial charge in [0.15, 0.2) is 0 Å². The molecule has 1 N–H and O–H groups in total. The number of pyridine rings is 1. The van der Waals surface area contributed by atoms with Gasteiger partial charge in [-0.15, -0.1) is 0 Å². The average molecular weight is 78.1 g/mol. The Morgan fingerprint density at radius 2 is 1.83 bits per heavy atom. The van der Waals surface area contributed by atoms with Crippen molar-refractivity contribution in [3.63, 3.8) is 0 Å². The molecule has 0 aromatic carbocycles. The SMILES string of the molecule is [c]1ccc[c][nH+]1. The molecule has 0 bridgehead atoms. The van der Waals surface area contributed by atoms with Gasteiger partial charge in [-0.2, -0.15) is 4.98 Å². The first-order valence-corrected chi connectivity index (χ1v) is 1.74. The Balaban J connectivity index is 3.00. The predicted molar refractivity (Wildman–Crippen MR) is 20.7 cm³/mol. The normalized spacial score (nSPS) is 8.00. The average Bonchev–Trinajstić information content (AvgIpc) is 1.72. The van der Waals surface area contributed by atoms with Gasteiger partial charge in [0.1, 0.15) is 0 Å². The highest BCUT2D eigenvalue weighted by Gasteiger charge is 1.70. The lowest BCUT2D eigenvalue weighted by atomic mass is 10.5. The van der Waals surface area contributed by atoms with E-state index in [1.165, 1.54) is 0 Å².